The van der Waals surface area contributed by atoms with Gasteiger partial charge in [0.2, 0.25) is 5.88 Å². The molecule has 0 radical (unpaired) electrons. The molecular formula is C20H19ClN4O2. The zero-order valence-corrected chi connectivity index (χ0v) is 15.5. The van der Waals surface area contributed by atoms with Crippen LogP contribution < -0.4 is 15.4 Å². The fraction of sp³-hybridized carbons (Fsp3) is 0.150. The number of rotatable bonds is 6. The lowest BCUT2D eigenvalue weighted by Gasteiger charge is -2.09. The van der Waals surface area contributed by atoms with Crippen LogP contribution >= 0.6 is 11.6 Å². The van der Waals surface area contributed by atoms with Crippen LogP contribution in [0.25, 0.3) is 11.3 Å². The SMILES string of the molecule is Cc1ccc(NC(=O)NCCOc2ccc(-c3ccccc3)nn2)cc1Cl. The second kappa shape index (κ2) is 9.00. The molecule has 0 atom stereocenters. The lowest BCUT2D eigenvalue weighted by atomic mass is 10.1. The van der Waals surface area contributed by atoms with Gasteiger partial charge in [0, 0.05) is 22.3 Å². The van der Waals surface area contributed by atoms with Gasteiger partial charge in [-0.05, 0) is 30.7 Å². The summed E-state index contributed by atoms with van der Waals surface area (Å²) in [7, 11) is 0. The number of carbonyl (C=O) groups excluding carboxylic acids is 1. The second-order valence-corrected chi connectivity index (χ2v) is 6.22. The number of amides is 2. The molecule has 0 bridgehead atoms. The first kappa shape index (κ1) is 18.7. The van der Waals surface area contributed by atoms with E-state index in [4.69, 9.17) is 16.3 Å². The number of nitrogens with one attached hydrogen (secondary N) is 2. The largest absolute Gasteiger partial charge is 0.475 e. The smallest absolute Gasteiger partial charge is 0.319 e. The minimum atomic E-state index is -0.330. The number of anilines is 1. The fourth-order valence-corrected chi connectivity index (χ4v) is 2.51. The summed E-state index contributed by atoms with van der Waals surface area (Å²) in [5, 5.41) is 14.2. The van der Waals surface area contributed by atoms with Gasteiger partial charge in [0.05, 0.1) is 12.2 Å². The molecule has 2 aromatic carbocycles. The Labute approximate surface area is 162 Å². The number of aryl methyl sites for hydroxylation is 1. The summed E-state index contributed by atoms with van der Waals surface area (Å²) in [4.78, 5) is 11.9. The van der Waals surface area contributed by atoms with Gasteiger partial charge in [0.1, 0.15) is 6.61 Å². The van der Waals surface area contributed by atoms with Crippen LogP contribution in [0.15, 0.2) is 60.7 Å². The summed E-state index contributed by atoms with van der Waals surface area (Å²) in [6.07, 6.45) is 0. The zero-order valence-electron chi connectivity index (χ0n) is 14.8. The van der Waals surface area contributed by atoms with E-state index in [0.29, 0.717) is 23.1 Å². The molecule has 2 N–H and O–H groups in total. The monoisotopic (exact) mass is 382 g/mol. The quantitative estimate of drug-likeness (QED) is 0.623. The molecule has 0 fully saturated rings. The molecule has 7 heteroatoms. The van der Waals surface area contributed by atoms with Gasteiger partial charge in [-0.2, -0.15) is 0 Å². The van der Waals surface area contributed by atoms with Gasteiger partial charge in [-0.3, -0.25) is 0 Å². The Morgan fingerprint density at radius 2 is 1.89 bits per heavy atom. The van der Waals surface area contributed by atoms with Crippen molar-refractivity contribution in [1.29, 1.82) is 0 Å². The highest BCUT2D eigenvalue weighted by molar-refractivity contribution is 6.31. The van der Waals surface area contributed by atoms with Gasteiger partial charge in [0.15, 0.2) is 0 Å². The van der Waals surface area contributed by atoms with Crippen LogP contribution in [0.2, 0.25) is 5.02 Å². The van der Waals surface area contributed by atoms with Crippen molar-refractivity contribution in [2.24, 2.45) is 0 Å². The number of aromatic nitrogens is 2. The Bertz CT molecular complexity index is 902. The van der Waals surface area contributed by atoms with E-state index < -0.39 is 0 Å². The molecule has 3 aromatic rings. The number of hydrogen-bond donors (Lipinski definition) is 2. The summed E-state index contributed by atoms with van der Waals surface area (Å²) in [5.41, 5.74) is 3.35. The minimum absolute atomic E-state index is 0.279. The first-order chi connectivity index (χ1) is 13.1. The van der Waals surface area contributed by atoms with E-state index in [1.807, 2.05) is 49.4 Å². The van der Waals surface area contributed by atoms with Crippen LogP contribution in [0.3, 0.4) is 0 Å². The molecule has 0 aliphatic heterocycles. The maximum absolute atomic E-state index is 11.9. The molecule has 0 saturated carbocycles. The molecule has 0 aliphatic rings. The Kier molecular flexibility index (Phi) is 6.22. The van der Waals surface area contributed by atoms with Gasteiger partial charge < -0.3 is 15.4 Å². The van der Waals surface area contributed by atoms with Crippen molar-refractivity contribution in [2.45, 2.75) is 6.92 Å². The van der Waals surface area contributed by atoms with Crippen LogP contribution in [0.1, 0.15) is 5.56 Å². The Morgan fingerprint density at radius 3 is 2.59 bits per heavy atom. The number of urea groups is 1. The summed E-state index contributed by atoms with van der Waals surface area (Å²) in [5.74, 6) is 0.405. The average Bonchev–Trinajstić information content (AvgIpc) is 2.69. The number of ether oxygens (including phenoxy) is 1. The lowest BCUT2D eigenvalue weighted by molar-refractivity contribution is 0.246. The third-order valence-electron chi connectivity index (χ3n) is 3.78. The number of benzene rings is 2. The fourth-order valence-electron chi connectivity index (χ4n) is 2.33. The number of carbonyl (C=O) groups is 1. The van der Waals surface area contributed by atoms with E-state index in [1.165, 1.54) is 0 Å². The number of halogens is 1. The van der Waals surface area contributed by atoms with E-state index in [0.717, 1.165) is 16.8 Å². The Balaban J connectivity index is 1.42. The average molecular weight is 383 g/mol. The van der Waals surface area contributed by atoms with Gasteiger partial charge in [0.25, 0.3) is 0 Å². The topological polar surface area (TPSA) is 76.1 Å². The summed E-state index contributed by atoms with van der Waals surface area (Å²) < 4.78 is 5.50. The highest BCUT2D eigenvalue weighted by Gasteiger charge is 2.04. The lowest BCUT2D eigenvalue weighted by Crippen LogP contribution is -2.32. The third kappa shape index (κ3) is 5.43. The minimum Gasteiger partial charge on any atom is -0.475 e. The first-order valence-corrected chi connectivity index (χ1v) is 8.82. The number of nitrogens with zero attached hydrogens (tertiary/aromatic N) is 2. The van der Waals surface area contributed by atoms with Crippen molar-refractivity contribution in [3.8, 4) is 17.1 Å². The maximum Gasteiger partial charge on any atom is 0.319 e. The van der Waals surface area contributed by atoms with E-state index in [9.17, 15) is 4.79 Å². The molecule has 1 aromatic heterocycles. The predicted octanol–water partition coefficient (Wildman–Crippen LogP) is 4.31. The molecule has 3 rings (SSSR count). The first-order valence-electron chi connectivity index (χ1n) is 8.45. The molecular weight excluding hydrogens is 364 g/mol. The zero-order chi connectivity index (χ0) is 19.1. The number of hydrogen-bond acceptors (Lipinski definition) is 4. The van der Waals surface area contributed by atoms with E-state index in [1.54, 1.807) is 18.2 Å². The van der Waals surface area contributed by atoms with Crippen molar-refractivity contribution in [3.05, 3.63) is 71.2 Å². The van der Waals surface area contributed by atoms with Gasteiger partial charge in [-0.25, -0.2) is 4.79 Å². The van der Waals surface area contributed by atoms with Gasteiger partial charge in [-0.15, -0.1) is 10.2 Å². The van der Waals surface area contributed by atoms with Crippen LogP contribution in [0, 0.1) is 6.92 Å². The molecule has 0 spiro atoms. The normalized spacial score (nSPS) is 10.3. The second-order valence-electron chi connectivity index (χ2n) is 5.82. The Morgan fingerprint density at radius 1 is 1.07 bits per heavy atom. The summed E-state index contributed by atoms with van der Waals surface area (Å²) in [6, 6.07) is 18.4. The van der Waals surface area contributed by atoms with E-state index in [-0.39, 0.29) is 12.6 Å². The van der Waals surface area contributed by atoms with Gasteiger partial charge >= 0.3 is 6.03 Å². The summed E-state index contributed by atoms with van der Waals surface area (Å²) >= 11 is 6.04. The standard InChI is InChI=1S/C20H19ClN4O2/c1-14-7-8-16(13-17(14)21)23-20(26)22-11-12-27-19-10-9-18(24-25-19)15-5-3-2-4-6-15/h2-10,13H,11-12H2,1H3,(H2,22,23,26). The molecule has 0 aliphatic carbocycles. The predicted molar refractivity (Wildman–Crippen MR) is 106 cm³/mol. The summed E-state index contributed by atoms with van der Waals surface area (Å²) in [6.45, 7) is 2.51. The third-order valence-corrected chi connectivity index (χ3v) is 4.18. The van der Waals surface area contributed by atoms with E-state index in [2.05, 4.69) is 20.8 Å². The van der Waals surface area contributed by atoms with Crippen LogP contribution in [-0.4, -0.2) is 29.4 Å². The van der Waals surface area contributed by atoms with Crippen molar-refractivity contribution >= 4 is 23.3 Å². The highest BCUT2D eigenvalue weighted by Crippen LogP contribution is 2.20. The van der Waals surface area contributed by atoms with Crippen LogP contribution in [0.5, 0.6) is 5.88 Å². The van der Waals surface area contributed by atoms with Crippen LogP contribution in [-0.2, 0) is 0 Å². The molecule has 0 unspecified atom stereocenters. The van der Waals surface area contributed by atoms with Crippen molar-refractivity contribution in [1.82, 2.24) is 15.5 Å². The molecule has 6 nitrogen and oxygen atoms in total. The molecule has 0 saturated heterocycles. The van der Waals surface area contributed by atoms with Gasteiger partial charge in [-0.1, -0.05) is 48.0 Å². The van der Waals surface area contributed by atoms with E-state index >= 15 is 0 Å². The molecule has 2 amide bonds. The van der Waals surface area contributed by atoms with Crippen LogP contribution in [0.4, 0.5) is 10.5 Å². The molecule has 27 heavy (non-hydrogen) atoms. The molecule has 1 heterocycles. The van der Waals surface area contributed by atoms with Crippen molar-refractivity contribution in [3.63, 3.8) is 0 Å². The maximum atomic E-state index is 11.9. The Hall–Kier alpha value is -3.12. The van der Waals surface area contributed by atoms with Crippen molar-refractivity contribution < 1.29 is 9.53 Å². The highest BCUT2D eigenvalue weighted by atomic mass is 35.5. The van der Waals surface area contributed by atoms with Crippen molar-refractivity contribution in [2.75, 3.05) is 18.5 Å². The molecule has 138 valence electrons.